The van der Waals surface area contributed by atoms with Gasteiger partial charge in [0.2, 0.25) is 15.8 Å². The van der Waals surface area contributed by atoms with Crippen molar-refractivity contribution in [2.75, 3.05) is 13.1 Å². The van der Waals surface area contributed by atoms with E-state index in [0.717, 1.165) is 16.7 Å². The maximum absolute atomic E-state index is 13.3. The number of hydrogen-bond donors (Lipinski definition) is 0. The molecule has 166 valence electrons. The van der Waals surface area contributed by atoms with Crippen LogP contribution in [0.1, 0.15) is 17.5 Å². The van der Waals surface area contributed by atoms with Crippen molar-refractivity contribution in [2.45, 2.75) is 18.2 Å². The first-order chi connectivity index (χ1) is 16.0. The molecule has 0 spiro atoms. The standard InChI is InChI=1S/C26H23N3O3S/c1-19-10-12-22(13-11-19)25-27-26(32-28-25)23-8-5-9-24(18-23)33(30,31)29-16-14-21(15-17-29)20-6-3-2-4-7-20/h2-14,18H,15-17H2,1H3. The molecule has 6 nitrogen and oxygen atoms in total. The molecule has 3 aromatic carbocycles. The number of aryl methyl sites for hydroxylation is 1. The van der Waals surface area contributed by atoms with Crippen LogP contribution in [0, 0.1) is 6.92 Å². The Bertz CT molecular complexity index is 1410. The van der Waals surface area contributed by atoms with Crippen LogP contribution < -0.4 is 0 Å². The Kier molecular flexibility index (Phi) is 5.66. The maximum atomic E-state index is 13.3. The van der Waals surface area contributed by atoms with E-state index in [1.807, 2.05) is 55.5 Å². The van der Waals surface area contributed by atoms with Crippen LogP contribution in [0.25, 0.3) is 28.4 Å². The van der Waals surface area contributed by atoms with Gasteiger partial charge in [0.1, 0.15) is 0 Å². The van der Waals surface area contributed by atoms with Crippen LogP contribution in [-0.2, 0) is 10.0 Å². The molecule has 0 atom stereocenters. The van der Waals surface area contributed by atoms with E-state index >= 15 is 0 Å². The third-order valence-corrected chi connectivity index (χ3v) is 7.63. The van der Waals surface area contributed by atoms with Crippen molar-refractivity contribution in [1.82, 2.24) is 14.4 Å². The van der Waals surface area contributed by atoms with Crippen LogP contribution in [-0.4, -0.2) is 36.0 Å². The van der Waals surface area contributed by atoms with Gasteiger partial charge < -0.3 is 4.52 Å². The Morgan fingerprint density at radius 3 is 2.36 bits per heavy atom. The molecule has 1 aliphatic heterocycles. The third kappa shape index (κ3) is 4.37. The summed E-state index contributed by atoms with van der Waals surface area (Å²) in [5.41, 5.74) is 4.86. The average molecular weight is 458 g/mol. The van der Waals surface area contributed by atoms with E-state index < -0.39 is 10.0 Å². The summed E-state index contributed by atoms with van der Waals surface area (Å²) >= 11 is 0. The largest absolute Gasteiger partial charge is 0.334 e. The molecular formula is C26H23N3O3S. The lowest BCUT2D eigenvalue weighted by Gasteiger charge is -2.26. The summed E-state index contributed by atoms with van der Waals surface area (Å²) in [5.74, 6) is 0.750. The summed E-state index contributed by atoms with van der Waals surface area (Å²) in [7, 11) is -3.65. The molecule has 33 heavy (non-hydrogen) atoms. The number of benzene rings is 3. The molecule has 0 N–H and O–H groups in total. The fraction of sp³-hybridized carbons (Fsp3) is 0.154. The first kappa shape index (κ1) is 21.3. The predicted molar refractivity (Wildman–Crippen MR) is 128 cm³/mol. The summed E-state index contributed by atoms with van der Waals surface area (Å²) in [6.07, 6.45) is 2.67. The fourth-order valence-electron chi connectivity index (χ4n) is 3.88. The molecule has 1 aliphatic rings. The van der Waals surface area contributed by atoms with Crippen molar-refractivity contribution < 1.29 is 12.9 Å². The van der Waals surface area contributed by atoms with Gasteiger partial charge in [-0.3, -0.25) is 0 Å². The Morgan fingerprint density at radius 2 is 1.64 bits per heavy atom. The first-order valence-electron chi connectivity index (χ1n) is 10.8. The molecule has 5 rings (SSSR count). The zero-order valence-electron chi connectivity index (χ0n) is 18.2. The number of aromatic nitrogens is 2. The second-order valence-corrected chi connectivity index (χ2v) is 9.96. The van der Waals surface area contributed by atoms with Crippen molar-refractivity contribution in [3.63, 3.8) is 0 Å². The molecule has 0 fully saturated rings. The van der Waals surface area contributed by atoms with E-state index in [2.05, 4.69) is 22.3 Å². The van der Waals surface area contributed by atoms with E-state index in [-0.39, 0.29) is 10.8 Å². The predicted octanol–water partition coefficient (Wildman–Crippen LogP) is 5.19. The van der Waals surface area contributed by atoms with Crippen LogP contribution >= 0.6 is 0 Å². The SMILES string of the molecule is Cc1ccc(-c2noc(-c3cccc(S(=O)(=O)N4CC=C(c5ccccc5)CC4)c3)n2)cc1. The molecule has 0 saturated heterocycles. The van der Waals surface area contributed by atoms with E-state index in [4.69, 9.17) is 4.52 Å². The lowest BCUT2D eigenvalue weighted by Crippen LogP contribution is -2.34. The minimum Gasteiger partial charge on any atom is -0.334 e. The summed E-state index contributed by atoms with van der Waals surface area (Å²) < 4.78 is 33.5. The van der Waals surface area contributed by atoms with Gasteiger partial charge in [-0.2, -0.15) is 9.29 Å². The van der Waals surface area contributed by atoms with E-state index in [1.165, 1.54) is 9.88 Å². The van der Waals surface area contributed by atoms with Gasteiger partial charge in [0, 0.05) is 24.2 Å². The number of sulfonamides is 1. The molecule has 0 unspecified atom stereocenters. The van der Waals surface area contributed by atoms with Crippen molar-refractivity contribution in [3.8, 4) is 22.8 Å². The molecule has 1 aromatic heterocycles. The fourth-order valence-corrected chi connectivity index (χ4v) is 5.31. The minimum atomic E-state index is -3.65. The summed E-state index contributed by atoms with van der Waals surface area (Å²) in [6, 6.07) is 24.6. The zero-order valence-corrected chi connectivity index (χ0v) is 19.0. The molecule has 0 radical (unpaired) electrons. The zero-order chi connectivity index (χ0) is 22.8. The second-order valence-electron chi connectivity index (χ2n) is 8.03. The highest BCUT2D eigenvalue weighted by Crippen LogP contribution is 2.28. The van der Waals surface area contributed by atoms with Crippen LogP contribution in [0.4, 0.5) is 0 Å². The molecule has 0 bridgehead atoms. The van der Waals surface area contributed by atoms with Crippen molar-refractivity contribution in [3.05, 3.63) is 96.1 Å². The van der Waals surface area contributed by atoms with E-state index in [9.17, 15) is 8.42 Å². The molecule has 0 aliphatic carbocycles. The Hall–Kier alpha value is -3.55. The van der Waals surface area contributed by atoms with Gasteiger partial charge in [0.15, 0.2) is 0 Å². The van der Waals surface area contributed by atoms with E-state index in [0.29, 0.717) is 30.9 Å². The number of rotatable bonds is 5. The topological polar surface area (TPSA) is 76.3 Å². The monoisotopic (exact) mass is 457 g/mol. The van der Waals surface area contributed by atoms with Crippen LogP contribution in [0.3, 0.4) is 0 Å². The van der Waals surface area contributed by atoms with Gasteiger partial charge in [0.05, 0.1) is 4.90 Å². The molecule has 2 heterocycles. The lowest BCUT2D eigenvalue weighted by molar-refractivity contribution is 0.432. The quantitative estimate of drug-likeness (QED) is 0.412. The summed E-state index contributed by atoms with van der Waals surface area (Å²) in [5, 5.41) is 4.06. The molecule has 0 amide bonds. The van der Waals surface area contributed by atoms with Crippen LogP contribution in [0.2, 0.25) is 0 Å². The van der Waals surface area contributed by atoms with Crippen LogP contribution in [0.15, 0.2) is 94.4 Å². The Labute approximate surface area is 193 Å². The Balaban J connectivity index is 1.38. The summed E-state index contributed by atoms with van der Waals surface area (Å²) in [4.78, 5) is 4.68. The van der Waals surface area contributed by atoms with Gasteiger partial charge in [-0.25, -0.2) is 8.42 Å². The third-order valence-electron chi connectivity index (χ3n) is 5.77. The van der Waals surface area contributed by atoms with Crippen LogP contribution in [0.5, 0.6) is 0 Å². The number of hydrogen-bond acceptors (Lipinski definition) is 5. The highest BCUT2D eigenvalue weighted by Gasteiger charge is 2.27. The number of nitrogens with zero attached hydrogens (tertiary/aromatic N) is 3. The highest BCUT2D eigenvalue weighted by molar-refractivity contribution is 7.89. The van der Waals surface area contributed by atoms with Crippen molar-refractivity contribution >= 4 is 15.6 Å². The second kappa shape index (κ2) is 8.77. The van der Waals surface area contributed by atoms with E-state index in [1.54, 1.807) is 24.3 Å². The molecule has 0 saturated carbocycles. The van der Waals surface area contributed by atoms with Crippen molar-refractivity contribution in [2.24, 2.45) is 0 Å². The highest BCUT2D eigenvalue weighted by atomic mass is 32.2. The van der Waals surface area contributed by atoms with Crippen molar-refractivity contribution in [1.29, 1.82) is 0 Å². The van der Waals surface area contributed by atoms with Gasteiger partial charge >= 0.3 is 0 Å². The molecule has 4 aromatic rings. The van der Waals surface area contributed by atoms with Gasteiger partial charge in [-0.1, -0.05) is 77.5 Å². The van der Waals surface area contributed by atoms with Gasteiger partial charge in [0.25, 0.3) is 5.89 Å². The first-order valence-corrected chi connectivity index (χ1v) is 12.2. The van der Waals surface area contributed by atoms with Gasteiger partial charge in [-0.05, 0) is 42.7 Å². The lowest BCUT2D eigenvalue weighted by atomic mass is 10.0. The van der Waals surface area contributed by atoms with Gasteiger partial charge in [-0.15, -0.1) is 0 Å². The minimum absolute atomic E-state index is 0.214. The maximum Gasteiger partial charge on any atom is 0.258 e. The molecule has 7 heteroatoms. The normalized spacial score (nSPS) is 14.8. The Morgan fingerprint density at radius 1 is 0.879 bits per heavy atom. The summed E-state index contributed by atoms with van der Waals surface area (Å²) in [6.45, 7) is 2.79. The smallest absolute Gasteiger partial charge is 0.258 e. The molecular weight excluding hydrogens is 434 g/mol. The average Bonchev–Trinajstić information content (AvgIpc) is 3.36.